The van der Waals surface area contributed by atoms with Crippen LogP contribution in [-0.2, 0) is 0 Å². The van der Waals surface area contributed by atoms with Gasteiger partial charge in [0.15, 0.2) is 5.82 Å². The molecule has 3 aromatic rings. The number of hydrogen-bond donors (Lipinski definition) is 1. The average Bonchev–Trinajstić information content (AvgIpc) is 2.75. The third-order valence-electron chi connectivity index (χ3n) is 4.81. The molecule has 0 saturated carbocycles. The molecule has 138 valence electrons. The molecule has 0 unspecified atom stereocenters. The Morgan fingerprint density at radius 2 is 1.67 bits per heavy atom. The lowest BCUT2D eigenvalue weighted by Crippen LogP contribution is -2.47. The van der Waals surface area contributed by atoms with Gasteiger partial charge in [0.1, 0.15) is 5.82 Å². The van der Waals surface area contributed by atoms with Gasteiger partial charge in [0.2, 0.25) is 0 Å². The molecule has 2 aromatic heterocycles. The Labute approximate surface area is 159 Å². The first-order valence-corrected chi connectivity index (χ1v) is 9.26. The molecule has 1 N–H and O–H groups in total. The molecule has 0 aliphatic carbocycles. The van der Waals surface area contributed by atoms with Crippen LogP contribution in [0.1, 0.15) is 0 Å². The summed E-state index contributed by atoms with van der Waals surface area (Å²) in [5.41, 5.74) is 2.90. The highest BCUT2D eigenvalue weighted by Crippen LogP contribution is 2.26. The second-order valence-electron chi connectivity index (χ2n) is 6.60. The molecule has 0 radical (unpaired) electrons. The maximum absolute atomic E-state index is 9.14. The topological polar surface area (TPSA) is 65.4 Å². The summed E-state index contributed by atoms with van der Waals surface area (Å²) in [7, 11) is 0. The van der Waals surface area contributed by atoms with Gasteiger partial charge >= 0.3 is 0 Å². The first-order valence-electron chi connectivity index (χ1n) is 9.26. The van der Waals surface area contributed by atoms with Crippen LogP contribution in [0.5, 0.6) is 0 Å². The van der Waals surface area contributed by atoms with Crippen LogP contribution < -0.4 is 4.90 Å². The molecule has 6 nitrogen and oxygen atoms in total. The van der Waals surface area contributed by atoms with Crippen molar-refractivity contribution in [3.05, 3.63) is 60.9 Å². The summed E-state index contributed by atoms with van der Waals surface area (Å²) in [5.74, 6) is 1.63. The van der Waals surface area contributed by atoms with Gasteiger partial charge in [0.25, 0.3) is 0 Å². The average molecular weight is 361 g/mol. The zero-order valence-corrected chi connectivity index (χ0v) is 15.2. The van der Waals surface area contributed by atoms with Crippen molar-refractivity contribution in [2.24, 2.45) is 0 Å². The standard InChI is InChI=1S/C21H23N5O/c27-14-13-25-9-11-26(12-10-25)20-15-19(17-5-2-1-3-6-17)23-21(24-20)18-7-4-8-22-16-18/h1-8,15-16,27H,9-14H2. The molecule has 1 fully saturated rings. The first-order chi connectivity index (χ1) is 13.3. The predicted octanol–water partition coefficient (Wildman–Crippen LogP) is 2.32. The SMILES string of the molecule is OCCN1CCN(c2cc(-c3ccccc3)nc(-c3cccnc3)n2)CC1. The van der Waals surface area contributed by atoms with Crippen molar-refractivity contribution in [2.45, 2.75) is 0 Å². The van der Waals surface area contributed by atoms with Crippen molar-refractivity contribution >= 4 is 5.82 Å². The van der Waals surface area contributed by atoms with E-state index in [-0.39, 0.29) is 6.61 Å². The van der Waals surface area contributed by atoms with E-state index < -0.39 is 0 Å². The number of aromatic nitrogens is 3. The quantitative estimate of drug-likeness (QED) is 0.752. The minimum atomic E-state index is 0.205. The fraction of sp³-hybridized carbons (Fsp3) is 0.286. The molecule has 27 heavy (non-hydrogen) atoms. The van der Waals surface area contributed by atoms with Crippen LogP contribution in [0.15, 0.2) is 60.9 Å². The fourth-order valence-corrected chi connectivity index (χ4v) is 3.32. The minimum absolute atomic E-state index is 0.205. The number of aliphatic hydroxyl groups excluding tert-OH is 1. The third-order valence-corrected chi connectivity index (χ3v) is 4.81. The van der Waals surface area contributed by atoms with Gasteiger partial charge in [-0.1, -0.05) is 30.3 Å². The lowest BCUT2D eigenvalue weighted by molar-refractivity contribution is 0.188. The van der Waals surface area contributed by atoms with Gasteiger partial charge in [-0.2, -0.15) is 0 Å². The molecule has 1 saturated heterocycles. The molecular weight excluding hydrogens is 338 g/mol. The number of anilines is 1. The molecule has 0 bridgehead atoms. The highest BCUT2D eigenvalue weighted by molar-refractivity contribution is 5.67. The monoisotopic (exact) mass is 361 g/mol. The van der Waals surface area contributed by atoms with Crippen LogP contribution in [-0.4, -0.2) is 64.3 Å². The van der Waals surface area contributed by atoms with Gasteiger partial charge < -0.3 is 10.0 Å². The smallest absolute Gasteiger partial charge is 0.163 e. The number of pyridine rings is 1. The van der Waals surface area contributed by atoms with E-state index in [1.807, 2.05) is 30.3 Å². The van der Waals surface area contributed by atoms with Crippen molar-refractivity contribution < 1.29 is 5.11 Å². The van der Waals surface area contributed by atoms with Crippen molar-refractivity contribution in [3.8, 4) is 22.6 Å². The van der Waals surface area contributed by atoms with Gasteiger partial charge in [-0.15, -0.1) is 0 Å². The fourth-order valence-electron chi connectivity index (χ4n) is 3.32. The second-order valence-corrected chi connectivity index (χ2v) is 6.60. The first kappa shape index (κ1) is 17.6. The summed E-state index contributed by atoms with van der Waals surface area (Å²) in [6.45, 7) is 4.56. The Morgan fingerprint density at radius 3 is 2.37 bits per heavy atom. The third kappa shape index (κ3) is 4.13. The van der Waals surface area contributed by atoms with Crippen molar-refractivity contribution in [1.29, 1.82) is 0 Å². The normalized spacial score (nSPS) is 15.1. The molecular formula is C21H23N5O. The molecule has 4 rings (SSSR count). The van der Waals surface area contributed by atoms with Crippen LogP contribution in [0, 0.1) is 0 Å². The van der Waals surface area contributed by atoms with Crippen LogP contribution in [0.25, 0.3) is 22.6 Å². The summed E-state index contributed by atoms with van der Waals surface area (Å²) in [5, 5.41) is 9.14. The van der Waals surface area contributed by atoms with Crippen LogP contribution in [0.2, 0.25) is 0 Å². The highest BCUT2D eigenvalue weighted by atomic mass is 16.3. The Balaban J connectivity index is 1.69. The number of aliphatic hydroxyl groups is 1. The molecule has 0 atom stereocenters. The Hall–Kier alpha value is -2.83. The Kier molecular flexibility index (Phi) is 5.37. The zero-order valence-electron chi connectivity index (χ0n) is 15.2. The van der Waals surface area contributed by atoms with Gasteiger partial charge in [0, 0.05) is 62.3 Å². The maximum Gasteiger partial charge on any atom is 0.163 e. The number of nitrogens with zero attached hydrogens (tertiary/aromatic N) is 5. The molecule has 1 aromatic carbocycles. The van der Waals surface area contributed by atoms with Crippen molar-refractivity contribution in [2.75, 3.05) is 44.2 Å². The lowest BCUT2D eigenvalue weighted by atomic mass is 10.1. The Morgan fingerprint density at radius 1 is 0.889 bits per heavy atom. The van der Waals surface area contributed by atoms with E-state index in [2.05, 4.69) is 33.0 Å². The molecule has 1 aliphatic rings. The van der Waals surface area contributed by atoms with E-state index in [9.17, 15) is 0 Å². The van der Waals surface area contributed by atoms with Gasteiger partial charge in [-0.05, 0) is 12.1 Å². The van der Waals surface area contributed by atoms with Gasteiger partial charge in [0.05, 0.1) is 12.3 Å². The van der Waals surface area contributed by atoms with Gasteiger partial charge in [-0.3, -0.25) is 9.88 Å². The lowest BCUT2D eigenvalue weighted by Gasteiger charge is -2.35. The van der Waals surface area contributed by atoms with E-state index in [0.29, 0.717) is 5.82 Å². The number of piperazine rings is 1. The second kappa shape index (κ2) is 8.24. The van der Waals surface area contributed by atoms with Crippen LogP contribution in [0.4, 0.5) is 5.82 Å². The molecule has 6 heteroatoms. The molecule has 0 spiro atoms. The minimum Gasteiger partial charge on any atom is -0.395 e. The van der Waals surface area contributed by atoms with Crippen LogP contribution >= 0.6 is 0 Å². The van der Waals surface area contributed by atoms with Crippen LogP contribution in [0.3, 0.4) is 0 Å². The summed E-state index contributed by atoms with van der Waals surface area (Å²) in [4.78, 5) is 18.4. The van der Waals surface area contributed by atoms with Crippen molar-refractivity contribution in [1.82, 2.24) is 19.9 Å². The van der Waals surface area contributed by atoms with E-state index >= 15 is 0 Å². The molecule has 0 amide bonds. The van der Waals surface area contributed by atoms with E-state index in [4.69, 9.17) is 15.1 Å². The maximum atomic E-state index is 9.14. The summed E-state index contributed by atoms with van der Waals surface area (Å²) < 4.78 is 0. The van der Waals surface area contributed by atoms with Crippen molar-refractivity contribution in [3.63, 3.8) is 0 Å². The Bertz CT molecular complexity index is 807. The summed E-state index contributed by atoms with van der Waals surface area (Å²) in [6.07, 6.45) is 3.55. The number of rotatable bonds is 5. The van der Waals surface area contributed by atoms with Gasteiger partial charge in [-0.25, -0.2) is 9.97 Å². The molecule has 1 aliphatic heterocycles. The number of hydrogen-bond acceptors (Lipinski definition) is 6. The predicted molar refractivity (Wildman–Crippen MR) is 106 cm³/mol. The van der Waals surface area contributed by atoms with E-state index in [1.54, 1.807) is 12.4 Å². The zero-order chi connectivity index (χ0) is 18.5. The van der Waals surface area contributed by atoms with E-state index in [1.165, 1.54) is 0 Å². The number of β-amino-alcohol motifs (C(OH)–C–C–N with tert-alkyl or cyclic N) is 1. The summed E-state index contributed by atoms with van der Waals surface area (Å²) >= 11 is 0. The van der Waals surface area contributed by atoms with E-state index in [0.717, 1.165) is 55.4 Å². The summed E-state index contributed by atoms with van der Waals surface area (Å²) in [6, 6.07) is 16.1. The largest absolute Gasteiger partial charge is 0.395 e. The number of benzene rings is 1. The highest BCUT2D eigenvalue weighted by Gasteiger charge is 2.19. The molecule has 3 heterocycles.